The maximum Gasteiger partial charge on any atom is 0.0558 e. The molecule has 0 spiro atoms. The number of benzene rings is 1. The summed E-state index contributed by atoms with van der Waals surface area (Å²) in [4.78, 5) is 2.48. The summed E-state index contributed by atoms with van der Waals surface area (Å²) in [6.45, 7) is 7.07. The second kappa shape index (κ2) is 7.29. The summed E-state index contributed by atoms with van der Waals surface area (Å²) in [5.41, 5.74) is 2.70. The van der Waals surface area contributed by atoms with Gasteiger partial charge in [0.05, 0.1) is 6.10 Å². The molecule has 2 nitrogen and oxygen atoms in total. The number of nitrogens with zero attached hydrogens (tertiary/aromatic N) is 1. The first-order valence-electron chi connectivity index (χ1n) is 8.64. The van der Waals surface area contributed by atoms with Gasteiger partial charge in [-0.15, -0.1) is 0 Å². The highest BCUT2D eigenvalue weighted by molar-refractivity contribution is 5.32. The van der Waals surface area contributed by atoms with E-state index in [2.05, 4.69) is 72.5 Å². The van der Waals surface area contributed by atoms with E-state index in [4.69, 9.17) is 0 Å². The maximum atomic E-state index is 10.3. The topological polar surface area (TPSA) is 23.5 Å². The quantitative estimate of drug-likeness (QED) is 0.914. The summed E-state index contributed by atoms with van der Waals surface area (Å²) in [7, 11) is 0. The first-order valence-corrected chi connectivity index (χ1v) is 8.64. The highest BCUT2D eigenvalue weighted by atomic mass is 16.3. The van der Waals surface area contributed by atoms with Gasteiger partial charge in [0.2, 0.25) is 0 Å². The molecule has 1 saturated heterocycles. The zero-order valence-corrected chi connectivity index (χ0v) is 14.1. The molecule has 1 fully saturated rings. The molecule has 0 saturated carbocycles. The lowest BCUT2D eigenvalue weighted by Gasteiger charge is -2.22. The summed E-state index contributed by atoms with van der Waals surface area (Å²) in [6.07, 6.45) is 10.9. The van der Waals surface area contributed by atoms with Crippen LogP contribution in [0.25, 0.3) is 0 Å². The smallest absolute Gasteiger partial charge is 0.0558 e. The van der Waals surface area contributed by atoms with E-state index in [1.165, 1.54) is 11.1 Å². The monoisotopic (exact) mass is 309 g/mol. The highest BCUT2D eigenvalue weighted by Gasteiger charge is 2.36. The zero-order valence-electron chi connectivity index (χ0n) is 14.1. The van der Waals surface area contributed by atoms with Gasteiger partial charge in [-0.2, -0.15) is 0 Å². The van der Waals surface area contributed by atoms with Gasteiger partial charge in [-0.1, -0.05) is 67.6 Å². The molecule has 0 aromatic heterocycles. The molecule has 1 aliphatic heterocycles. The second-order valence-corrected chi connectivity index (χ2v) is 6.96. The van der Waals surface area contributed by atoms with Gasteiger partial charge >= 0.3 is 0 Å². The molecule has 0 radical (unpaired) electrons. The summed E-state index contributed by atoms with van der Waals surface area (Å²) >= 11 is 0. The standard InChI is InChI=1S/C21H27NO/c1-16-7-6-10-19(12-11-16)21-15-22(14-20(21)17(2)23)13-18-8-4-3-5-9-18/h3-12,16-17,20-21,23H,13-15H2,1-2H3/t16?,17-,20+,21+/m1/s1. The first kappa shape index (κ1) is 16.2. The van der Waals surface area contributed by atoms with Crippen LogP contribution in [0.5, 0.6) is 0 Å². The normalized spacial score (nSPS) is 29.3. The van der Waals surface area contributed by atoms with E-state index in [1.54, 1.807) is 0 Å². The third-order valence-corrected chi connectivity index (χ3v) is 5.03. The van der Waals surface area contributed by atoms with Crippen LogP contribution in [0.15, 0.2) is 66.3 Å². The van der Waals surface area contributed by atoms with Gasteiger partial charge in [-0.05, 0) is 24.0 Å². The molecule has 1 N–H and O–H groups in total. The number of hydrogen-bond acceptors (Lipinski definition) is 2. The van der Waals surface area contributed by atoms with Crippen molar-refractivity contribution in [2.75, 3.05) is 13.1 Å². The van der Waals surface area contributed by atoms with Gasteiger partial charge in [0, 0.05) is 31.5 Å². The second-order valence-electron chi connectivity index (χ2n) is 6.96. The molecule has 0 bridgehead atoms. The van der Waals surface area contributed by atoms with Crippen molar-refractivity contribution in [1.82, 2.24) is 4.90 Å². The third kappa shape index (κ3) is 4.01. The zero-order chi connectivity index (χ0) is 16.2. The molecular weight excluding hydrogens is 282 g/mol. The predicted molar refractivity (Wildman–Crippen MR) is 95.9 cm³/mol. The minimum absolute atomic E-state index is 0.278. The SMILES string of the molecule is CC1C=CC=C([C@@H]2CN(Cc3ccccc3)C[C@H]2[C@@H](C)O)C=C1. The van der Waals surface area contributed by atoms with Crippen molar-refractivity contribution in [3.05, 3.63) is 71.8 Å². The van der Waals surface area contributed by atoms with Crippen molar-refractivity contribution in [2.45, 2.75) is 26.5 Å². The Balaban J connectivity index is 1.75. The van der Waals surface area contributed by atoms with Gasteiger partial charge in [-0.25, -0.2) is 0 Å². The van der Waals surface area contributed by atoms with Crippen LogP contribution in [-0.4, -0.2) is 29.2 Å². The van der Waals surface area contributed by atoms with Crippen LogP contribution in [0.3, 0.4) is 0 Å². The van der Waals surface area contributed by atoms with Crippen molar-refractivity contribution >= 4 is 0 Å². The largest absolute Gasteiger partial charge is 0.393 e. The van der Waals surface area contributed by atoms with E-state index in [0.29, 0.717) is 17.8 Å². The number of likely N-dealkylation sites (tertiary alicyclic amines) is 1. The summed E-state index contributed by atoms with van der Waals surface area (Å²) in [6, 6.07) is 10.6. The Hall–Kier alpha value is -1.64. The van der Waals surface area contributed by atoms with Gasteiger partial charge in [0.25, 0.3) is 0 Å². The first-order chi connectivity index (χ1) is 11.1. The van der Waals surface area contributed by atoms with E-state index in [-0.39, 0.29) is 6.10 Å². The van der Waals surface area contributed by atoms with E-state index in [1.807, 2.05) is 6.92 Å². The number of aliphatic hydroxyl groups excluding tert-OH is 1. The van der Waals surface area contributed by atoms with E-state index in [9.17, 15) is 5.11 Å². The summed E-state index contributed by atoms with van der Waals surface area (Å²) in [5, 5.41) is 10.3. The van der Waals surface area contributed by atoms with Gasteiger partial charge in [-0.3, -0.25) is 4.90 Å². The van der Waals surface area contributed by atoms with E-state index in [0.717, 1.165) is 19.6 Å². The highest BCUT2D eigenvalue weighted by Crippen LogP contribution is 2.34. The molecule has 1 aliphatic carbocycles. The molecular formula is C21H27NO. The van der Waals surface area contributed by atoms with E-state index < -0.39 is 0 Å². The summed E-state index contributed by atoms with van der Waals surface area (Å²) < 4.78 is 0. The van der Waals surface area contributed by atoms with E-state index >= 15 is 0 Å². The van der Waals surface area contributed by atoms with Crippen LogP contribution < -0.4 is 0 Å². The molecule has 1 aromatic rings. The Bertz CT molecular complexity index is 600. The Morgan fingerprint density at radius 3 is 2.70 bits per heavy atom. The molecule has 23 heavy (non-hydrogen) atoms. The predicted octanol–water partition coefficient (Wildman–Crippen LogP) is 3.80. The Morgan fingerprint density at radius 2 is 1.96 bits per heavy atom. The van der Waals surface area contributed by atoms with Crippen molar-refractivity contribution in [3.8, 4) is 0 Å². The van der Waals surface area contributed by atoms with Crippen molar-refractivity contribution in [2.24, 2.45) is 17.8 Å². The molecule has 1 unspecified atom stereocenters. The Kier molecular flexibility index (Phi) is 5.14. The number of hydrogen-bond donors (Lipinski definition) is 1. The molecule has 2 heteroatoms. The van der Waals surface area contributed by atoms with Crippen LogP contribution >= 0.6 is 0 Å². The lowest BCUT2D eigenvalue weighted by molar-refractivity contribution is 0.114. The van der Waals surface area contributed by atoms with Crippen LogP contribution in [0.2, 0.25) is 0 Å². The summed E-state index contributed by atoms with van der Waals surface area (Å²) in [5.74, 6) is 1.19. The fourth-order valence-corrected chi connectivity index (χ4v) is 3.70. The van der Waals surface area contributed by atoms with Crippen LogP contribution in [0, 0.1) is 17.8 Å². The minimum atomic E-state index is -0.278. The lowest BCUT2D eigenvalue weighted by Crippen LogP contribution is -2.26. The average molecular weight is 309 g/mol. The average Bonchev–Trinajstić information content (AvgIpc) is 2.83. The third-order valence-electron chi connectivity index (χ3n) is 5.03. The van der Waals surface area contributed by atoms with Crippen molar-refractivity contribution in [1.29, 1.82) is 0 Å². The number of allylic oxidation sites excluding steroid dienone is 5. The van der Waals surface area contributed by atoms with Crippen LogP contribution in [0.1, 0.15) is 19.4 Å². The van der Waals surface area contributed by atoms with Crippen molar-refractivity contribution < 1.29 is 5.11 Å². The molecule has 1 aromatic carbocycles. The molecule has 2 aliphatic rings. The fourth-order valence-electron chi connectivity index (χ4n) is 3.70. The van der Waals surface area contributed by atoms with Crippen LogP contribution in [-0.2, 0) is 6.54 Å². The minimum Gasteiger partial charge on any atom is -0.393 e. The number of rotatable bonds is 4. The molecule has 122 valence electrons. The Labute approximate surface area is 139 Å². The number of aliphatic hydroxyl groups is 1. The van der Waals surface area contributed by atoms with Gasteiger partial charge < -0.3 is 5.11 Å². The fraction of sp³-hybridized carbons (Fsp3) is 0.429. The van der Waals surface area contributed by atoms with Crippen LogP contribution in [0.4, 0.5) is 0 Å². The van der Waals surface area contributed by atoms with Gasteiger partial charge in [0.1, 0.15) is 0 Å². The Morgan fingerprint density at radius 1 is 1.17 bits per heavy atom. The molecule has 0 amide bonds. The maximum absolute atomic E-state index is 10.3. The molecule has 3 rings (SSSR count). The van der Waals surface area contributed by atoms with Crippen molar-refractivity contribution in [3.63, 3.8) is 0 Å². The molecule has 4 atom stereocenters. The molecule has 1 heterocycles. The van der Waals surface area contributed by atoms with Gasteiger partial charge in [0.15, 0.2) is 0 Å². The lowest BCUT2D eigenvalue weighted by atomic mass is 9.85.